The van der Waals surface area contributed by atoms with E-state index in [9.17, 15) is 0 Å². The van der Waals surface area contributed by atoms with Gasteiger partial charge in [-0.2, -0.15) is 0 Å². The van der Waals surface area contributed by atoms with Crippen molar-refractivity contribution in [1.82, 2.24) is 14.5 Å². The number of rotatable bonds is 2. The lowest BCUT2D eigenvalue weighted by molar-refractivity contribution is 0.486. The molecule has 1 aliphatic carbocycles. The van der Waals surface area contributed by atoms with Crippen molar-refractivity contribution in [3.63, 3.8) is 0 Å². The second kappa shape index (κ2) is 8.67. The Kier molecular flexibility index (Phi) is 4.76. The SMILES string of the molecule is CC1(C)c2ccccc2-c2cc3c4cc(-c5nc6c7c(cccc7n5)Oc5ccccc5-6)ccc4n(-c4ccccc4)c3cc21. The van der Waals surface area contributed by atoms with E-state index in [1.165, 1.54) is 38.5 Å². The molecule has 0 saturated carbocycles. The molecule has 0 N–H and O–H groups in total. The quantitative estimate of drug-likeness (QED) is 0.205. The molecule has 0 saturated heterocycles. The molecule has 0 amide bonds. The van der Waals surface area contributed by atoms with Gasteiger partial charge in [-0.1, -0.05) is 74.5 Å². The summed E-state index contributed by atoms with van der Waals surface area (Å²) in [5.74, 6) is 2.33. The van der Waals surface area contributed by atoms with E-state index in [-0.39, 0.29) is 5.41 Å². The summed E-state index contributed by atoms with van der Waals surface area (Å²) in [6, 6.07) is 45.2. The van der Waals surface area contributed by atoms with Crippen molar-refractivity contribution >= 4 is 32.7 Å². The summed E-state index contributed by atoms with van der Waals surface area (Å²) in [7, 11) is 0. The summed E-state index contributed by atoms with van der Waals surface area (Å²) >= 11 is 0. The van der Waals surface area contributed by atoms with Gasteiger partial charge in [0, 0.05) is 33.0 Å². The zero-order valence-corrected chi connectivity index (χ0v) is 24.9. The van der Waals surface area contributed by atoms with E-state index in [4.69, 9.17) is 14.7 Å². The van der Waals surface area contributed by atoms with E-state index in [2.05, 4.69) is 109 Å². The summed E-state index contributed by atoms with van der Waals surface area (Å²) < 4.78 is 8.64. The van der Waals surface area contributed by atoms with E-state index < -0.39 is 0 Å². The maximum atomic E-state index is 6.24. The van der Waals surface area contributed by atoms with E-state index in [1.54, 1.807) is 0 Å². The van der Waals surface area contributed by atoms with Crippen molar-refractivity contribution in [3.8, 4) is 51.0 Å². The molecule has 4 nitrogen and oxygen atoms in total. The van der Waals surface area contributed by atoms with Crippen LogP contribution in [0.2, 0.25) is 0 Å². The normalized spacial score (nSPS) is 13.9. The van der Waals surface area contributed by atoms with E-state index in [0.29, 0.717) is 5.82 Å². The Labute approximate surface area is 260 Å². The molecule has 0 bridgehead atoms. The number of hydrogen-bond donors (Lipinski definition) is 0. The highest BCUT2D eigenvalue weighted by molar-refractivity contribution is 6.13. The summed E-state index contributed by atoms with van der Waals surface area (Å²) in [5, 5.41) is 3.37. The van der Waals surface area contributed by atoms with Gasteiger partial charge in [0.25, 0.3) is 0 Å². The molecular formula is C41H27N3O. The molecule has 2 aliphatic rings. The summed E-state index contributed by atoms with van der Waals surface area (Å²) in [4.78, 5) is 10.3. The fourth-order valence-electron chi connectivity index (χ4n) is 7.64. The number of hydrogen-bond acceptors (Lipinski definition) is 3. The van der Waals surface area contributed by atoms with Crippen LogP contribution in [0.4, 0.5) is 0 Å². The average molecular weight is 578 g/mol. The predicted octanol–water partition coefficient (Wildman–Crippen LogP) is 10.5. The highest BCUT2D eigenvalue weighted by Gasteiger charge is 2.36. The van der Waals surface area contributed by atoms with Crippen LogP contribution in [0.5, 0.6) is 11.5 Å². The fraction of sp³-hybridized carbons (Fsp3) is 0.0732. The Hall–Kier alpha value is -5.74. The van der Waals surface area contributed by atoms with Crippen molar-refractivity contribution in [3.05, 3.63) is 139 Å². The largest absolute Gasteiger partial charge is 0.456 e. The second-order valence-electron chi connectivity index (χ2n) is 12.6. The molecule has 45 heavy (non-hydrogen) atoms. The fourth-order valence-corrected chi connectivity index (χ4v) is 7.64. The van der Waals surface area contributed by atoms with Gasteiger partial charge in [0.15, 0.2) is 5.82 Å². The van der Waals surface area contributed by atoms with Gasteiger partial charge >= 0.3 is 0 Å². The lowest BCUT2D eigenvalue weighted by atomic mass is 9.82. The van der Waals surface area contributed by atoms with Crippen LogP contribution < -0.4 is 4.74 Å². The molecule has 3 heterocycles. The van der Waals surface area contributed by atoms with Gasteiger partial charge in [0.05, 0.1) is 27.6 Å². The van der Waals surface area contributed by atoms with Crippen molar-refractivity contribution < 1.29 is 4.74 Å². The monoisotopic (exact) mass is 577 g/mol. The van der Waals surface area contributed by atoms with E-state index in [0.717, 1.165) is 50.4 Å². The Bertz CT molecular complexity index is 2540. The predicted molar refractivity (Wildman–Crippen MR) is 182 cm³/mol. The lowest BCUT2D eigenvalue weighted by Crippen LogP contribution is -2.14. The Morgan fingerprint density at radius 1 is 0.578 bits per heavy atom. The highest BCUT2D eigenvalue weighted by Crippen LogP contribution is 2.51. The number of nitrogens with zero attached hydrogens (tertiary/aromatic N) is 3. The lowest BCUT2D eigenvalue weighted by Gasteiger charge is -2.21. The molecule has 1 aliphatic heterocycles. The molecule has 212 valence electrons. The third kappa shape index (κ3) is 3.31. The second-order valence-corrected chi connectivity index (χ2v) is 12.6. The maximum Gasteiger partial charge on any atom is 0.160 e. The number of fused-ring (bicyclic) bond motifs is 8. The van der Waals surface area contributed by atoms with Crippen LogP contribution in [0.3, 0.4) is 0 Å². The van der Waals surface area contributed by atoms with Crippen LogP contribution in [0, 0.1) is 0 Å². The van der Waals surface area contributed by atoms with E-state index in [1.807, 2.05) is 36.4 Å². The highest BCUT2D eigenvalue weighted by atomic mass is 16.5. The molecular weight excluding hydrogens is 550 g/mol. The molecule has 0 unspecified atom stereocenters. The third-order valence-corrected chi connectivity index (χ3v) is 9.79. The molecule has 2 aromatic heterocycles. The first-order valence-electron chi connectivity index (χ1n) is 15.4. The standard InChI is InChI=1S/C41H27N3O/c1-41(2)31-15-8-6-13-26(31)28-22-30-29-21-24(19-20-34(29)44(35(30)23-32(28)41)25-11-4-3-5-12-25)40-42-33-16-10-18-37-38(33)39(43-40)27-14-7-9-17-36(27)45-37/h3-23H,1-2H3. The van der Waals surface area contributed by atoms with Crippen LogP contribution in [0.25, 0.3) is 72.2 Å². The zero-order valence-electron chi connectivity index (χ0n) is 24.9. The van der Waals surface area contributed by atoms with Gasteiger partial charge in [0.1, 0.15) is 11.5 Å². The molecule has 0 spiro atoms. The number of ether oxygens (including phenoxy) is 1. The van der Waals surface area contributed by atoms with Crippen LogP contribution in [0.15, 0.2) is 127 Å². The Morgan fingerprint density at radius 3 is 2.22 bits per heavy atom. The zero-order chi connectivity index (χ0) is 29.9. The summed E-state index contributed by atoms with van der Waals surface area (Å²) in [6.45, 7) is 4.68. The topological polar surface area (TPSA) is 39.9 Å². The molecule has 6 aromatic carbocycles. The van der Waals surface area contributed by atoms with Crippen LogP contribution in [0.1, 0.15) is 25.0 Å². The number of aromatic nitrogens is 3. The first-order valence-corrected chi connectivity index (χ1v) is 15.4. The maximum absolute atomic E-state index is 6.24. The molecule has 0 atom stereocenters. The smallest absolute Gasteiger partial charge is 0.160 e. The van der Waals surface area contributed by atoms with Gasteiger partial charge in [-0.05, 0) is 89.0 Å². The molecule has 8 aromatic rings. The Morgan fingerprint density at radius 2 is 1.33 bits per heavy atom. The van der Waals surface area contributed by atoms with Gasteiger partial charge in [0.2, 0.25) is 0 Å². The van der Waals surface area contributed by atoms with Crippen LogP contribution >= 0.6 is 0 Å². The third-order valence-electron chi connectivity index (χ3n) is 9.79. The number of benzene rings is 6. The summed E-state index contributed by atoms with van der Waals surface area (Å²) in [6.07, 6.45) is 0. The summed E-state index contributed by atoms with van der Waals surface area (Å²) in [5.41, 5.74) is 12.6. The van der Waals surface area contributed by atoms with Gasteiger partial charge in [-0.25, -0.2) is 9.97 Å². The Balaban J connectivity index is 1.27. The minimum Gasteiger partial charge on any atom is -0.456 e. The minimum absolute atomic E-state index is 0.0809. The minimum atomic E-state index is -0.0809. The average Bonchev–Trinajstić information content (AvgIpc) is 3.52. The van der Waals surface area contributed by atoms with Crippen LogP contribution in [-0.4, -0.2) is 14.5 Å². The molecule has 10 rings (SSSR count). The van der Waals surface area contributed by atoms with Gasteiger partial charge in [-0.15, -0.1) is 0 Å². The first kappa shape index (κ1) is 24.7. The van der Waals surface area contributed by atoms with E-state index >= 15 is 0 Å². The number of para-hydroxylation sites is 2. The van der Waals surface area contributed by atoms with Gasteiger partial charge in [-0.3, -0.25) is 0 Å². The van der Waals surface area contributed by atoms with Gasteiger partial charge < -0.3 is 9.30 Å². The van der Waals surface area contributed by atoms with Crippen molar-refractivity contribution in [2.75, 3.05) is 0 Å². The van der Waals surface area contributed by atoms with Crippen molar-refractivity contribution in [1.29, 1.82) is 0 Å². The van der Waals surface area contributed by atoms with Crippen molar-refractivity contribution in [2.24, 2.45) is 0 Å². The molecule has 0 fully saturated rings. The molecule has 0 radical (unpaired) electrons. The molecule has 4 heteroatoms. The van der Waals surface area contributed by atoms with Crippen LogP contribution in [-0.2, 0) is 5.41 Å². The first-order chi connectivity index (χ1) is 22.1. The van der Waals surface area contributed by atoms with Crippen molar-refractivity contribution in [2.45, 2.75) is 19.3 Å².